The van der Waals surface area contributed by atoms with Gasteiger partial charge in [0.05, 0.1) is 18.4 Å². The Kier molecular flexibility index (Phi) is 5.20. The van der Waals surface area contributed by atoms with Crippen molar-refractivity contribution in [1.29, 1.82) is 0 Å². The van der Waals surface area contributed by atoms with Crippen LogP contribution in [-0.2, 0) is 4.79 Å². The quantitative estimate of drug-likeness (QED) is 0.685. The summed E-state index contributed by atoms with van der Waals surface area (Å²) in [5.74, 6) is 1.76. The highest BCUT2D eigenvalue weighted by Gasteiger charge is 2.25. The van der Waals surface area contributed by atoms with Crippen LogP contribution in [-0.4, -0.2) is 49.1 Å². The Labute approximate surface area is 156 Å². The summed E-state index contributed by atoms with van der Waals surface area (Å²) < 4.78 is 0. The highest BCUT2D eigenvalue weighted by atomic mass is 16.2. The molecule has 0 fully saturated rings. The summed E-state index contributed by atoms with van der Waals surface area (Å²) in [5.41, 5.74) is 3.02. The maximum absolute atomic E-state index is 12.0. The van der Waals surface area contributed by atoms with Crippen LogP contribution < -0.4 is 10.2 Å². The minimum absolute atomic E-state index is 0.0167. The van der Waals surface area contributed by atoms with Gasteiger partial charge in [0.1, 0.15) is 12.0 Å². The second kappa shape index (κ2) is 7.73. The zero-order valence-corrected chi connectivity index (χ0v) is 15.2. The van der Waals surface area contributed by atoms with Crippen molar-refractivity contribution in [1.82, 2.24) is 30.1 Å². The van der Waals surface area contributed by atoms with Crippen molar-refractivity contribution in [2.24, 2.45) is 0 Å². The van der Waals surface area contributed by atoms with Crippen LogP contribution in [0.4, 0.5) is 11.6 Å². The summed E-state index contributed by atoms with van der Waals surface area (Å²) in [7, 11) is 0. The fourth-order valence-corrected chi connectivity index (χ4v) is 2.81. The number of aromatic amines is 1. The smallest absolute Gasteiger partial charge is 0.247 e. The van der Waals surface area contributed by atoms with Crippen molar-refractivity contribution < 1.29 is 4.79 Å². The van der Waals surface area contributed by atoms with E-state index in [-0.39, 0.29) is 12.5 Å². The number of likely N-dealkylation sites (N-methyl/N-ethyl adjacent to an activating group) is 1. The van der Waals surface area contributed by atoms with E-state index < -0.39 is 0 Å². The Hall–Kier alpha value is -3.62. The van der Waals surface area contributed by atoms with Gasteiger partial charge in [-0.1, -0.05) is 0 Å². The predicted octanol–water partition coefficient (Wildman–Crippen LogP) is 2.21. The number of rotatable bonds is 3. The van der Waals surface area contributed by atoms with Crippen LogP contribution in [0.1, 0.15) is 12.6 Å². The molecule has 4 rings (SSSR count). The average Bonchev–Trinajstić information content (AvgIpc) is 3.24. The van der Waals surface area contributed by atoms with E-state index in [0.717, 1.165) is 11.3 Å². The molecule has 0 spiro atoms. The Balaban J connectivity index is 0.00000102. The van der Waals surface area contributed by atoms with E-state index in [4.69, 9.17) is 0 Å². The third kappa shape index (κ3) is 3.39. The molecule has 27 heavy (non-hydrogen) atoms. The van der Waals surface area contributed by atoms with Gasteiger partial charge in [0.15, 0.2) is 17.5 Å². The van der Waals surface area contributed by atoms with Gasteiger partial charge in [-0.25, -0.2) is 19.9 Å². The van der Waals surface area contributed by atoms with E-state index in [2.05, 4.69) is 48.6 Å². The lowest BCUT2D eigenvalue weighted by molar-refractivity contribution is -0.117. The van der Waals surface area contributed by atoms with E-state index in [9.17, 15) is 4.79 Å². The van der Waals surface area contributed by atoms with Crippen LogP contribution in [0.2, 0.25) is 0 Å². The number of aromatic nitrogens is 6. The van der Waals surface area contributed by atoms with Crippen LogP contribution in [0, 0.1) is 6.92 Å². The zero-order valence-electron chi connectivity index (χ0n) is 15.2. The van der Waals surface area contributed by atoms with E-state index in [1.54, 1.807) is 11.1 Å². The van der Waals surface area contributed by atoms with Crippen molar-refractivity contribution in [3.05, 3.63) is 43.5 Å². The molecular weight excluding hydrogens is 344 g/mol. The van der Waals surface area contributed by atoms with Crippen LogP contribution in [0.25, 0.3) is 22.8 Å². The van der Waals surface area contributed by atoms with Crippen LogP contribution in [0.3, 0.4) is 0 Å². The number of aryl methyl sites for hydroxylation is 1. The highest BCUT2D eigenvalue weighted by Crippen LogP contribution is 2.29. The molecule has 3 aromatic heterocycles. The van der Waals surface area contributed by atoms with Crippen molar-refractivity contribution in [3.8, 4) is 22.8 Å². The lowest BCUT2D eigenvalue weighted by atomic mass is 10.1. The number of hydrogen-bond donors (Lipinski definition) is 2. The minimum atomic E-state index is -0.0167. The van der Waals surface area contributed by atoms with Gasteiger partial charge in [-0.05, 0) is 26.0 Å². The number of nitrogens with one attached hydrogen (secondary N) is 2. The Bertz CT molecular complexity index is 954. The van der Waals surface area contributed by atoms with Gasteiger partial charge < -0.3 is 5.32 Å². The number of H-pyrrole nitrogens is 1. The van der Waals surface area contributed by atoms with E-state index in [0.29, 0.717) is 35.4 Å². The van der Waals surface area contributed by atoms with E-state index >= 15 is 0 Å². The molecule has 4 heterocycles. The largest absolute Gasteiger partial charge is 0.358 e. The molecular formula is C18H20N8O. The molecule has 1 aliphatic rings. The van der Waals surface area contributed by atoms with Crippen molar-refractivity contribution in [2.45, 2.75) is 13.8 Å². The summed E-state index contributed by atoms with van der Waals surface area (Å²) in [6, 6.07) is 3.77. The first-order valence-corrected chi connectivity index (χ1v) is 8.42. The fraction of sp³-hybridized carbons (Fsp3) is 0.222. The maximum atomic E-state index is 12.0. The molecule has 3 aromatic rings. The molecule has 0 saturated carbocycles. The first-order valence-electron chi connectivity index (χ1n) is 8.42. The third-order valence-corrected chi connectivity index (χ3v) is 4.05. The van der Waals surface area contributed by atoms with Crippen LogP contribution in [0.15, 0.2) is 37.8 Å². The number of carbonyl (C=O) groups is 1. The zero-order chi connectivity index (χ0) is 19.4. The fourth-order valence-electron chi connectivity index (χ4n) is 2.81. The molecule has 2 N–H and O–H groups in total. The lowest BCUT2D eigenvalue weighted by Gasteiger charge is -2.27. The van der Waals surface area contributed by atoms with Gasteiger partial charge in [0.25, 0.3) is 0 Å². The number of amides is 1. The van der Waals surface area contributed by atoms with Gasteiger partial charge >= 0.3 is 0 Å². The maximum Gasteiger partial charge on any atom is 0.247 e. The molecule has 0 aliphatic carbocycles. The molecule has 1 amide bonds. The monoisotopic (exact) mass is 364 g/mol. The SMILES string of the molecule is C=C.CCN1C(=O)CNc2ncc(-c3ccc(-c4ncn[nH]4)nc3C)nc21. The molecule has 0 radical (unpaired) electrons. The minimum Gasteiger partial charge on any atom is -0.358 e. The number of carbonyl (C=O) groups excluding carboxylic acids is 1. The first-order chi connectivity index (χ1) is 13.2. The molecule has 9 nitrogen and oxygen atoms in total. The van der Waals surface area contributed by atoms with Crippen molar-refractivity contribution in [3.63, 3.8) is 0 Å². The molecule has 0 saturated heterocycles. The van der Waals surface area contributed by atoms with Gasteiger partial charge in [-0.15, -0.1) is 13.2 Å². The number of anilines is 2. The van der Waals surface area contributed by atoms with Crippen LogP contribution >= 0.6 is 0 Å². The van der Waals surface area contributed by atoms with Crippen molar-refractivity contribution >= 4 is 17.5 Å². The number of pyridine rings is 1. The molecule has 0 aromatic carbocycles. The second-order valence-corrected chi connectivity index (χ2v) is 5.58. The molecule has 138 valence electrons. The summed E-state index contributed by atoms with van der Waals surface area (Å²) in [5, 5.41) is 9.63. The normalized spacial score (nSPS) is 12.7. The van der Waals surface area contributed by atoms with Crippen molar-refractivity contribution in [2.75, 3.05) is 23.3 Å². The molecule has 0 bridgehead atoms. The Morgan fingerprint density at radius 2 is 2.00 bits per heavy atom. The molecule has 0 atom stereocenters. The van der Waals surface area contributed by atoms with Gasteiger partial charge in [0.2, 0.25) is 5.91 Å². The van der Waals surface area contributed by atoms with Gasteiger partial charge in [-0.2, -0.15) is 5.10 Å². The summed E-state index contributed by atoms with van der Waals surface area (Å²) in [6.07, 6.45) is 3.13. The second-order valence-electron chi connectivity index (χ2n) is 5.58. The van der Waals surface area contributed by atoms with E-state index in [1.807, 2.05) is 26.0 Å². The number of hydrogen-bond acceptors (Lipinski definition) is 7. The molecule has 9 heteroatoms. The highest BCUT2D eigenvalue weighted by molar-refractivity contribution is 6.00. The molecule has 1 aliphatic heterocycles. The van der Waals surface area contributed by atoms with Gasteiger partial charge in [0, 0.05) is 17.8 Å². The predicted molar refractivity (Wildman–Crippen MR) is 103 cm³/mol. The third-order valence-electron chi connectivity index (χ3n) is 4.05. The Morgan fingerprint density at radius 1 is 1.19 bits per heavy atom. The summed E-state index contributed by atoms with van der Waals surface area (Å²) in [4.78, 5) is 31.4. The standard InChI is InChI=1S/C16H16N8O.C2H4/c1-3-24-13(25)7-18-15-16(24)22-12(6-17-15)10-4-5-11(21-9(10)2)14-19-8-20-23-14;1-2/h4-6,8H,3,7H2,1-2H3,(H,17,18)(H,19,20,23);1-2H2. The first kappa shape index (κ1) is 18.2. The van der Waals surface area contributed by atoms with E-state index in [1.165, 1.54) is 6.33 Å². The van der Waals surface area contributed by atoms with Crippen LogP contribution in [0.5, 0.6) is 0 Å². The lowest BCUT2D eigenvalue weighted by Crippen LogP contribution is -2.40. The Morgan fingerprint density at radius 3 is 2.67 bits per heavy atom. The number of fused-ring (bicyclic) bond motifs is 1. The topological polar surface area (TPSA) is 113 Å². The van der Waals surface area contributed by atoms with Gasteiger partial charge in [-0.3, -0.25) is 14.8 Å². The number of nitrogens with zero attached hydrogens (tertiary/aromatic N) is 6. The average molecular weight is 364 g/mol. The molecule has 0 unspecified atom stereocenters. The summed E-state index contributed by atoms with van der Waals surface area (Å²) >= 11 is 0. The summed E-state index contributed by atoms with van der Waals surface area (Å²) in [6.45, 7) is 10.6.